The molecule has 0 fully saturated rings. The number of carbonyl (C=O) groups excluding carboxylic acids is 1. The number of ether oxygens (including phenoxy) is 1. The Morgan fingerprint density at radius 3 is 2.38 bits per heavy atom. The maximum Gasteiger partial charge on any atom is 0.237 e. The highest BCUT2D eigenvalue weighted by atomic mass is 32.2. The van der Waals surface area contributed by atoms with Crippen molar-refractivity contribution in [3.63, 3.8) is 0 Å². The van der Waals surface area contributed by atoms with Crippen LogP contribution >= 0.6 is 11.8 Å². The lowest BCUT2D eigenvalue weighted by Gasteiger charge is -2.15. The first-order chi connectivity index (χ1) is 13.9. The second-order valence-corrected chi connectivity index (χ2v) is 8.10. The molecular formula is C22H26N4O2S. The van der Waals surface area contributed by atoms with Gasteiger partial charge in [-0.15, -0.1) is 10.2 Å². The molecule has 0 spiro atoms. The van der Waals surface area contributed by atoms with Crippen molar-refractivity contribution in [1.82, 2.24) is 14.8 Å². The molecule has 1 amide bonds. The summed E-state index contributed by atoms with van der Waals surface area (Å²) >= 11 is 1.41. The van der Waals surface area contributed by atoms with Gasteiger partial charge in [0.05, 0.1) is 12.4 Å². The largest absolute Gasteiger partial charge is 0.497 e. The van der Waals surface area contributed by atoms with Gasteiger partial charge in [0, 0.05) is 17.8 Å². The average molecular weight is 411 g/mol. The molecule has 1 aromatic heterocycles. The molecular weight excluding hydrogens is 384 g/mol. The number of anilines is 1. The van der Waals surface area contributed by atoms with E-state index in [1.54, 1.807) is 7.11 Å². The van der Waals surface area contributed by atoms with E-state index in [1.807, 2.05) is 74.7 Å². The molecule has 152 valence electrons. The fraction of sp³-hybridized carbons (Fsp3) is 0.318. The Morgan fingerprint density at radius 1 is 1.14 bits per heavy atom. The van der Waals surface area contributed by atoms with E-state index in [0.29, 0.717) is 6.54 Å². The molecule has 29 heavy (non-hydrogen) atoms. The number of aryl methyl sites for hydroxylation is 2. The van der Waals surface area contributed by atoms with Crippen LogP contribution in [0.4, 0.5) is 5.69 Å². The third-order valence-electron chi connectivity index (χ3n) is 4.76. The summed E-state index contributed by atoms with van der Waals surface area (Å²) < 4.78 is 7.24. The van der Waals surface area contributed by atoms with Crippen LogP contribution in [0.15, 0.2) is 47.6 Å². The second-order valence-electron chi connectivity index (χ2n) is 6.80. The summed E-state index contributed by atoms with van der Waals surface area (Å²) in [6.07, 6.45) is 0. The second kappa shape index (κ2) is 9.13. The molecule has 0 aliphatic rings. The van der Waals surface area contributed by atoms with Gasteiger partial charge in [-0.1, -0.05) is 30.0 Å². The Morgan fingerprint density at radius 2 is 1.79 bits per heavy atom. The molecule has 0 saturated heterocycles. The fourth-order valence-electron chi connectivity index (χ4n) is 3.06. The number of rotatable bonds is 7. The molecule has 6 nitrogen and oxygen atoms in total. The molecule has 0 aliphatic heterocycles. The van der Waals surface area contributed by atoms with Crippen LogP contribution in [0.25, 0.3) is 11.4 Å². The van der Waals surface area contributed by atoms with E-state index >= 15 is 0 Å². The van der Waals surface area contributed by atoms with Gasteiger partial charge in [0.15, 0.2) is 11.0 Å². The Balaban J connectivity index is 1.77. The minimum atomic E-state index is -0.313. The van der Waals surface area contributed by atoms with Crippen LogP contribution in [0, 0.1) is 13.8 Å². The Kier molecular flexibility index (Phi) is 6.59. The minimum Gasteiger partial charge on any atom is -0.497 e. The van der Waals surface area contributed by atoms with Crippen LogP contribution in [0.3, 0.4) is 0 Å². The number of methoxy groups -OCH3 is 1. The zero-order valence-corrected chi connectivity index (χ0v) is 18.2. The number of hydrogen-bond acceptors (Lipinski definition) is 5. The standard InChI is InChI=1S/C22H26N4O2S/c1-6-26-20(17-10-12-18(28-5)13-11-17)24-25-22(26)29-16(4)21(27)23-19-14(2)8-7-9-15(19)3/h7-13,16H,6H2,1-5H3,(H,23,27)/t16-/m1/s1. The smallest absolute Gasteiger partial charge is 0.237 e. The fourth-order valence-corrected chi connectivity index (χ4v) is 3.98. The molecule has 3 rings (SSSR count). The van der Waals surface area contributed by atoms with E-state index < -0.39 is 0 Å². The summed E-state index contributed by atoms with van der Waals surface area (Å²) in [6.45, 7) is 8.63. The third-order valence-corrected chi connectivity index (χ3v) is 5.84. The van der Waals surface area contributed by atoms with Crippen molar-refractivity contribution in [3.05, 3.63) is 53.6 Å². The van der Waals surface area contributed by atoms with Gasteiger partial charge in [-0.05, 0) is 63.1 Å². The Bertz CT molecular complexity index is 978. The SMILES string of the molecule is CCn1c(S[C@H](C)C(=O)Nc2c(C)cccc2C)nnc1-c1ccc(OC)cc1. The molecule has 0 radical (unpaired) electrons. The molecule has 1 N–H and O–H groups in total. The van der Waals surface area contributed by atoms with Gasteiger partial charge in [0.25, 0.3) is 0 Å². The summed E-state index contributed by atoms with van der Waals surface area (Å²) in [5.74, 6) is 1.52. The first-order valence-electron chi connectivity index (χ1n) is 9.56. The zero-order chi connectivity index (χ0) is 21.0. The maximum atomic E-state index is 12.8. The monoisotopic (exact) mass is 410 g/mol. The highest BCUT2D eigenvalue weighted by Gasteiger charge is 2.21. The van der Waals surface area contributed by atoms with Crippen molar-refractivity contribution >= 4 is 23.4 Å². The molecule has 7 heteroatoms. The van der Waals surface area contributed by atoms with Gasteiger partial charge >= 0.3 is 0 Å². The van der Waals surface area contributed by atoms with Crippen LogP contribution < -0.4 is 10.1 Å². The summed E-state index contributed by atoms with van der Waals surface area (Å²) in [4.78, 5) is 12.8. The molecule has 0 unspecified atom stereocenters. The summed E-state index contributed by atoms with van der Waals surface area (Å²) in [6, 6.07) is 13.7. The van der Waals surface area contributed by atoms with Crippen molar-refractivity contribution in [3.8, 4) is 17.1 Å². The number of benzene rings is 2. The minimum absolute atomic E-state index is 0.0518. The van der Waals surface area contributed by atoms with Crippen LogP contribution in [-0.2, 0) is 11.3 Å². The predicted molar refractivity (Wildman–Crippen MR) is 118 cm³/mol. The van der Waals surface area contributed by atoms with Crippen LogP contribution in [0.5, 0.6) is 5.75 Å². The lowest BCUT2D eigenvalue weighted by molar-refractivity contribution is -0.115. The Hall–Kier alpha value is -2.80. The van der Waals surface area contributed by atoms with Crippen molar-refractivity contribution in [2.75, 3.05) is 12.4 Å². The van der Waals surface area contributed by atoms with Crippen LogP contribution in [0.1, 0.15) is 25.0 Å². The van der Waals surface area contributed by atoms with E-state index in [1.165, 1.54) is 11.8 Å². The van der Waals surface area contributed by atoms with Crippen LogP contribution in [0.2, 0.25) is 0 Å². The molecule has 0 bridgehead atoms. The molecule has 3 aromatic rings. The van der Waals surface area contributed by atoms with Crippen molar-refractivity contribution in [2.24, 2.45) is 0 Å². The quantitative estimate of drug-likeness (QED) is 0.571. The lowest BCUT2D eigenvalue weighted by atomic mass is 10.1. The van der Waals surface area contributed by atoms with Crippen LogP contribution in [-0.4, -0.2) is 33.0 Å². The summed E-state index contributed by atoms with van der Waals surface area (Å²) in [7, 11) is 1.64. The van der Waals surface area contributed by atoms with E-state index in [2.05, 4.69) is 15.5 Å². The number of nitrogens with one attached hydrogen (secondary N) is 1. The van der Waals surface area contributed by atoms with Crippen molar-refractivity contribution < 1.29 is 9.53 Å². The van der Waals surface area contributed by atoms with Gasteiger partial charge in [0.1, 0.15) is 5.75 Å². The van der Waals surface area contributed by atoms with Crippen molar-refractivity contribution in [1.29, 1.82) is 0 Å². The van der Waals surface area contributed by atoms with Gasteiger partial charge in [-0.3, -0.25) is 4.79 Å². The number of aromatic nitrogens is 3. The van der Waals surface area contributed by atoms with E-state index in [0.717, 1.165) is 39.1 Å². The topological polar surface area (TPSA) is 69.0 Å². The van der Waals surface area contributed by atoms with E-state index in [9.17, 15) is 4.79 Å². The average Bonchev–Trinajstić information content (AvgIpc) is 3.13. The van der Waals surface area contributed by atoms with Gasteiger partial charge in [0.2, 0.25) is 5.91 Å². The summed E-state index contributed by atoms with van der Waals surface area (Å²) in [5, 5.41) is 12.2. The van der Waals surface area contributed by atoms with Gasteiger partial charge in [-0.2, -0.15) is 0 Å². The first kappa shape index (κ1) is 20.9. The van der Waals surface area contributed by atoms with Gasteiger partial charge in [-0.25, -0.2) is 0 Å². The summed E-state index contributed by atoms with van der Waals surface area (Å²) in [5.41, 5.74) is 3.93. The molecule has 1 heterocycles. The number of thioether (sulfide) groups is 1. The molecule has 0 saturated carbocycles. The van der Waals surface area contributed by atoms with E-state index in [-0.39, 0.29) is 11.2 Å². The third kappa shape index (κ3) is 4.62. The Labute approximate surface area is 175 Å². The number of para-hydroxylation sites is 1. The highest BCUT2D eigenvalue weighted by molar-refractivity contribution is 8.00. The number of hydrogen-bond donors (Lipinski definition) is 1. The first-order valence-corrected chi connectivity index (χ1v) is 10.4. The lowest BCUT2D eigenvalue weighted by Crippen LogP contribution is -2.23. The normalized spacial score (nSPS) is 11.9. The van der Waals surface area contributed by atoms with Gasteiger partial charge < -0.3 is 14.6 Å². The predicted octanol–water partition coefficient (Wildman–Crippen LogP) is 4.71. The zero-order valence-electron chi connectivity index (χ0n) is 17.4. The molecule has 0 aliphatic carbocycles. The molecule has 2 aromatic carbocycles. The maximum absolute atomic E-state index is 12.8. The number of amides is 1. The van der Waals surface area contributed by atoms with E-state index in [4.69, 9.17) is 4.74 Å². The van der Waals surface area contributed by atoms with Crippen molar-refractivity contribution in [2.45, 2.75) is 44.6 Å². The molecule has 1 atom stereocenters. The highest BCUT2D eigenvalue weighted by Crippen LogP contribution is 2.29. The number of nitrogens with zero attached hydrogens (tertiary/aromatic N) is 3. The number of carbonyl (C=O) groups is 1.